The van der Waals surface area contributed by atoms with E-state index in [1.54, 1.807) is 20.8 Å². The van der Waals surface area contributed by atoms with E-state index in [0.29, 0.717) is 0 Å². The van der Waals surface area contributed by atoms with Crippen molar-refractivity contribution in [2.75, 3.05) is 6.54 Å². The van der Waals surface area contributed by atoms with E-state index in [9.17, 15) is 13.2 Å². The van der Waals surface area contributed by atoms with Gasteiger partial charge >= 0.3 is 0 Å². The van der Waals surface area contributed by atoms with E-state index in [4.69, 9.17) is 0 Å². The summed E-state index contributed by atoms with van der Waals surface area (Å²) in [6, 6.07) is 0. The molecule has 10 heteroatoms. The van der Waals surface area contributed by atoms with Crippen molar-refractivity contribution in [3.05, 3.63) is 4.60 Å². The van der Waals surface area contributed by atoms with Crippen LogP contribution >= 0.6 is 15.9 Å². The van der Waals surface area contributed by atoms with Crippen molar-refractivity contribution in [2.24, 2.45) is 7.05 Å². The highest BCUT2D eigenvalue weighted by molar-refractivity contribution is 9.10. The maximum Gasteiger partial charge on any atom is 0.261 e. The zero-order chi connectivity index (χ0) is 14.8. The Morgan fingerprint density at radius 3 is 2.42 bits per heavy atom. The van der Waals surface area contributed by atoms with Crippen molar-refractivity contribution >= 4 is 31.9 Å². The normalized spacial score (nSPS) is 12.5. The van der Waals surface area contributed by atoms with E-state index in [0.717, 1.165) is 4.68 Å². The van der Waals surface area contributed by atoms with Crippen LogP contribution in [0.3, 0.4) is 0 Å². The first-order chi connectivity index (χ1) is 8.53. The molecule has 1 rings (SSSR count). The van der Waals surface area contributed by atoms with Gasteiger partial charge in [0.25, 0.3) is 10.0 Å². The number of carbonyl (C=O) groups is 1. The lowest BCUT2D eigenvalue weighted by Crippen LogP contribution is -2.46. The number of aromatic nitrogens is 3. The molecule has 0 radical (unpaired) electrons. The fourth-order valence-corrected chi connectivity index (χ4v) is 3.37. The molecule has 1 heterocycles. The molecule has 0 aromatic carbocycles. The summed E-state index contributed by atoms with van der Waals surface area (Å²) in [6.45, 7) is 5.07. The van der Waals surface area contributed by atoms with E-state index in [1.807, 2.05) is 0 Å². The molecule has 108 valence electrons. The topological polar surface area (TPSA) is 106 Å². The predicted octanol–water partition coefficient (Wildman–Crippen LogP) is -0.229. The SMILES string of the molecule is Cn1nnc(Br)c1S(=O)(=O)NCC(=O)NC(C)(C)C. The standard InChI is InChI=1S/C9H16BrN5O3S/c1-9(2,3)12-6(16)5-11-19(17,18)8-7(10)13-14-15(8)4/h11H,5H2,1-4H3,(H,12,16). The van der Waals surface area contributed by atoms with Crippen LogP contribution in [0.4, 0.5) is 0 Å². The Kier molecular flexibility index (Phi) is 4.69. The van der Waals surface area contributed by atoms with Gasteiger partial charge < -0.3 is 5.32 Å². The number of nitrogens with zero attached hydrogens (tertiary/aromatic N) is 3. The lowest BCUT2D eigenvalue weighted by molar-refractivity contribution is -0.121. The molecule has 0 fully saturated rings. The summed E-state index contributed by atoms with van der Waals surface area (Å²) in [4.78, 5) is 11.6. The van der Waals surface area contributed by atoms with Crippen molar-refractivity contribution in [1.29, 1.82) is 0 Å². The van der Waals surface area contributed by atoms with Gasteiger partial charge in [-0.3, -0.25) is 4.79 Å². The van der Waals surface area contributed by atoms with Crippen LogP contribution in [0.5, 0.6) is 0 Å². The molecule has 1 aromatic heterocycles. The van der Waals surface area contributed by atoms with Crippen LogP contribution in [0.25, 0.3) is 0 Å². The van der Waals surface area contributed by atoms with Gasteiger partial charge in [0.15, 0.2) is 4.60 Å². The van der Waals surface area contributed by atoms with E-state index < -0.39 is 21.5 Å². The molecule has 0 atom stereocenters. The van der Waals surface area contributed by atoms with Gasteiger partial charge in [-0.2, -0.15) is 0 Å². The molecule has 2 N–H and O–H groups in total. The molecule has 0 aliphatic heterocycles. The Morgan fingerprint density at radius 2 is 2.00 bits per heavy atom. The predicted molar refractivity (Wildman–Crippen MR) is 71.8 cm³/mol. The Hall–Kier alpha value is -1.00. The van der Waals surface area contributed by atoms with E-state index in [-0.39, 0.29) is 16.2 Å². The summed E-state index contributed by atoms with van der Waals surface area (Å²) < 4.78 is 27.4. The molecule has 0 aliphatic rings. The van der Waals surface area contributed by atoms with Crippen molar-refractivity contribution in [3.8, 4) is 0 Å². The summed E-state index contributed by atoms with van der Waals surface area (Å²) in [5.74, 6) is -0.415. The van der Waals surface area contributed by atoms with E-state index >= 15 is 0 Å². The highest BCUT2D eigenvalue weighted by Gasteiger charge is 2.25. The van der Waals surface area contributed by atoms with Gasteiger partial charge in [0, 0.05) is 12.6 Å². The van der Waals surface area contributed by atoms with Gasteiger partial charge in [-0.15, -0.1) is 5.10 Å². The number of sulfonamides is 1. The molecular weight excluding hydrogens is 338 g/mol. The first kappa shape index (κ1) is 16.1. The van der Waals surface area contributed by atoms with Crippen molar-refractivity contribution in [2.45, 2.75) is 31.3 Å². The Labute approximate surface area is 120 Å². The van der Waals surface area contributed by atoms with E-state index in [2.05, 4.69) is 36.3 Å². The molecular formula is C9H16BrN5O3S. The lowest BCUT2D eigenvalue weighted by Gasteiger charge is -2.20. The van der Waals surface area contributed by atoms with Crippen LogP contribution in [-0.2, 0) is 21.9 Å². The van der Waals surface area contributed by atoms with Crippen molar-refractivity contribution < 1.29 is 13.2 Å². The van der Waals surface area contributed by atoms with Gasteiger partial charge in [-0.25, -0.2) is 17.8 Å². The summed E-state index contributed by atoms with van der Waals surface area (Å²) in [5.41, 5.74) is -0.419. The van der Waals surface area contributed by atoms with Gasteiger partial charge in [-0.05, 0) is 36.7 Å². The summed E-state index contributed by atoms with van der Waals surface area (Å²) in [6.07, 6.45) is 0. The van der Waals surface area contributed by atoms with Gasteiger partial charge in [0.05, 0.1) is 6.54 Å². The molecule has 0 spiro atoms. The largest absolute Gasteiger partial charge is 0.350 e. The molecule has 0 saturated heterocycles. The van der Waals surface area contributed by atoms with Crippen LogP contribution in [0.2, 0.25) is 0 Å². The first-order valence-corrected chi connectivity index (χ1v) is 7.66. The van der Waals surface area contributed by atoms with Crippen LogP contribution in [0, 0.1) is 0 Å². The molecule has 1 aromatic rings. The second-order valence-electron chi connectivity index (χ2n) is 4.93. The fraction of sp³-hybridized carbons (Fsp3) is 0.667. The zero-order valence-electron chi connectivity index (χ0n) is 11.1. The minimum Gasteiger partial charge on any atom is -0.350 e. The monoisotopic (exact) mass is 353 g/mol. The van der Waals surface area contributed by atoms with Crippen molar-refractivity contribution in [1.82, 2.24) is 25.0 Å². The van der Waals surface area contributed by atoms with Crippen LogP contribution in [-0.4, -0.2) is 41.4 Å². The number of hydrogen-bond donors (Lipinski definition) is 2. The van der Waals surface area contributed by atoms with Crippen LogP contribution < -0.4 is 10.0 Å². The number of nitrogens with one attached hydrogen (secondary N) is 2. The smallest absolute Gasteiger partial charge is 0.261 e. The maximum absolute atomic E-state index is 12.0. The molecule has 0 unspecified atom stereocenters. The third-order valence-corrected chi connectivity index (χ3v) is 4.22. The summed E-state index contributed by atoms with van der Waals surface area (Å²) >= 11 is 2.99. The van der Waals surface area contributed by atoms with Crippen LogP contribution in [0.1, 0.15) is 20.8 Å². The maximum atomic E-state index is 12.0. The number of hydrogen-bond acceptors (Lipinski definition) is 5. The van der Waals surface area contributed by atoms with E-state index in [1.165, 1.54) is 7.05 Å². The number of carbonyl (C=O) groups excluding carboxylic acids is 1. The average Bonchev–Trinajstić information content (AvgIpc) is 2.54. The summed E-state index contributed by atoms with van der Waals surface area (Å²) in [5, 5.41) is 9.67. The third kappa shape index (κ3) is 4.55. The Bertz CT molecular complexity index is 556. The van der Waals surface area contributed by atoms with Crippen LogP contribution in [0.15, 0.2) is 9.63 Å². The first-order valence-electron chi connectivity index (χ1n) is 5.39. The summed E-state index contributed by atoms with van der Waals surface area (Å²) in [7, 11) is -2.40. The molecule has 0 saturated carbocycles. The van der Waals surface area contributed by atoms with Gasteiger partial charge in [-0.1, -0.05) is 5.21 Å². The molecule has 0 aliphatic carbocycles. The fourth-order valence-electron chi connectivity index (χ4n) is 1.30. The number of rotatable bonds is 4. The lowest BCUT2D eigenvalue weighted by atomic mass is 10.1. The molecule has 19 heavy (non-hydrogen) atoms. The molecule has 8 nitrogen and oxygen atoms in total. The van der Waals surface area contributed by atoms with Gasteiger partial charge in [0.1, 0.15) is 0 Å². The zero-order valence-corrected chi connectivity index (χ0v) is 13.5. The average molecular weight is 354 g/mol. The highest BCUT2D eigenvalue weighted by Crippen LogP contribution is 2.17. The number of aryl methyl sites for hydroxylation is 1. The second kappa shape index (κ2) is 5.55. The molecule has 0 bridgehead atoms. The second-order valence-corrected chi connectivity index (χ2v) is 7.37. The van der Waals surface area contributed by atoms with Crippen molar-refractivity contribution in [3.63, 3.8) is 0 Å². The number of amides is 1. The minimum absolute atomic E-state index is 0.0960. The van der Waals surface area contributed by atoms with Gasteiger partial charge in [0.2, 0.25) is 10.9 Å². The number of halogens is 1. The third-order valence-electron chi connectivity index (χ3n) is 1.93. The highest BCUT2D eigenvalue weighted by atomic mass is 79.9. The Balaban J connectivity index is 2.75. The minimum atomic E-state index is -3.85. The Morgan fingerprint density at radius 1 is 1.42 bits per heavy atom. The molecule has 1 amide bonds. The quantitative estimate of drug-likeness (QED) is 0.777.